The van der Waals surface area contributed by atoms with E-state index in [0.717, 1.165) is 5.56 Å². The van der Waals surface area contributed by atoms with Gasteiger partial charge in [0.1, 0.15) is 11.4 Å². The van der Waals surface area contributed by atoms with Crippen molar-refractivity contribution in [2.75, 3.05) is 7.11 Å². The fraction of sp³-hybridized carbons (Fsp3) is 0.0556. The zero-order chi connectivity index (χ0) is 17.8. The zero-order valence-corrected chi connectivity index (χ0v) is 14.0. The lowest BCUT2D eigenvalue weighted by Gasteiger charge is -2.03. The summed E-state index contributed by atoms with van der Waals surface area (Å²) in [6.45, 7) is 0. The van der Waals surface area contributed by atoms with Crippen LogP contribution < -0.4 is 10.1 Å². The molecule has 0 atom stereocenters. The molecule has 1 aliphatic rings. The SMILES string of the molecule is COc1ccccc1N=C1NC(=O)/C(=C/c2ccc(C(=O)O)cc2)S1. The van der Waals surface area contributed by atoms with Crippen LogP contribution in [-0.4, -0.2) is 29.3 Å². The maximum atomic E-state index is 12.1. The van der Waals surface area contributed by atoms with E-state index in [2.05, 4.69) is 10.3 Å². The average Bonchev–Trinajstić information content (AvgIpc) is 2.95. The number of nitrogens with zero attached hydrogens (tertiary/aromatic N) is 1. The summed E-state index contributed by atoms with van der Waals surface area (Å²) >= 11 is 1.22. The van der Waals surface area contributed by atoms with E-state index in [1.54, 1.807) is 37.5 Å². The van der Waals surface area contributed by atoms with Crippen molar-refractivity contribution in [1.29, 1.82) is 0 Å². The molecule has 0 unspecified atom stereocenters. The number of carbonyl (C=O) groups is 2. The number of hydrogen-bond donors (Lipinski definition) is 2. The van der Waals surface area contributed by atoms with Gasteiger partial charge in [-0.3, -0.25) is 4.79 Å². The predicted octanol–water partition coefficient (Wildman–Crippen LogP) is 3.29. The molecule has 2 aromatic carbocycles. The minimum absolute atomic E-state index is 0.198. The Bertz CT molecular complexity index is 888. The van der Waals surface area contributed by atoms with E-state index < -0.39 is 5.97 Å². The smallest absolute Gasteiger partial charge is 0.335 e. The van der Waals surface area contributed by atoms with Gasteiger partial charge in [-0.1, -0.05) is 24.3 Å². The van der Waals surface area contributed by atoms with Crippen molar-refractivity contribution in [1.82, 2.24) is 5.32 Å². The topological polar surface area (TPSA) is 88.0 Å². The molecule has 7 heteroatoms. The number of ether oxygens (including phenoxy) is 1. The molecular weight excluding hydrogens is 340 g/mol. The molecule has 3 rings (SSSR count). The molecule has 1 saturated heterocycles. The van der Waals surface area contributed by atoms with Crippen LogP contribution in [0.4, 0.5) is 5.69 Å². The first kappa shape index (κ1) is 16.8. The van der Waals surface area contributed by atoms with Gasteiger partial charge in [-0.15, -0.1) is 0 Å². The second-order valence-corrected chi connectivity index (χ2v) is 6.11. The van der Waals surface area contributed by atoms with Gasteiger partial charge in [0.25, 0.3) is 5.91 Å². The maximum Gasteiger partial charge on any atom is 0.335 e. The van der Waals surface area contributed by atoms with Crippen molar-refractivity contribution in [3.05, 3.63) is 64.6 Å². The highest BCUT2D eigenvalue weighted by Crippen LogP contribution is 2.31. The number of benzene rings is 2. The van der Waals surface area contributed by atoms with Crippen LogP contribution in [-0.2, 0) is 4.79 Å². The van der Waals surface area contributed by atoms with E-state index >= 15 is 0 Å². The molecule has 0 bridgehead atoms. The van der Waals surface area contributed by atoms with E-state index in [9.17, 15) is 9.59 Å². The molecule has 0 aromatic heterocycles. The summed E-state index contributed by atoms with van der Waals surface area (Å²) < 4.78 is 5.24. The Morgan fingerprint density at radius 2 is 1.92 bits per heavy atom. The summed E-state index contributed by atoms with van der Waals surface area (Å²) in [6.07, 6.45) is 1.69. The quantitative estimate of drug-likeness (QED) is 0.823. The molecule has 1 amide bonds. The van der Waals surface area contributed by atoms with Crippen LogP contribution in [0.2, 0.25) is 0 Å². The van der Waals surface area contributed by atoms with Crippen LogP contribution in [0, 0.1) is 0 Å². The van der Waals surface area contributed by atoms with Gasteiger partial charge >= 0.3 is 5.97 Å². The van der Waals surface area contributed by atoms with Crippen LogP contribution in [0.15, 0.2) is 58.4 Å². The third-order valence-electron chi connectivity index (χ3n) is 3.41. The van der Waals surface area contributed by atoms with Crippen LogP contribution in [0.25, 0.3) is 6.08 Å². The van der Waals surface area contributed by atoms with E-state index in [4.69, 9.17) is 9.84 Å². The average molecular weight is 354 g/mol. The summed E-state index contributed by atoms with van der Waals surface area (Å²) in [5, 5.41) is 12.1. The Kier molecular flexibility index (Phi) is 4.85. The number of carboxylic acid groups (broad SMARTS) is 1. The van der Waals surface area contributed by atoms with Crippen LogP contribution in [0.5, 0.6) is 5.75 Å². The maximum absolute atomic E-state index is 12.1. The third kappa shape index (κ3) is 3.89. The molecular formula is C18H14N2O4S. The highest BCUT2D eigenvalue weighted by molar-refractivity contribution is 8.18. The van der Waals surface area contributed by atoms with Crippen molar-refractivity contribution in [2.24, 2.45) is 4.99 Å². The molecule has 0 radical (unpaired) electrons. The number of aliphatic imine (C=N–C) groups is 1. The van der Waals surface area contributed by atoms with Crippen molar-refractivity contribution in [3.63, 3.8) is 0 Å². The summed E-state index contributed by atoms with van der Waals surface area (Å²) in [6, 6.07) is 13.6. The molecule has 0 aliphatic carbocycles. The molecule has 2 aromatic rings. The fourth-order valence-electron chi connectivity index (χ4n) is 2.19. The Hall–Kier alpha value is -3.06. The van der Waals surface area contributed by atoms with E-state index in [1.165, 1.54) is 23.9 Å². The van der Waals surface area contributed by atoms with E-state index in [0.29, 0.717) is 21.5 Å². The van der Waals surface area contributed by atoms with Crippen molar-refractivity contribution in [3.8, 4) is 5.75 Å². The van der Waals surface area contributed by atoms with Gasteiger partial charge in [0.15, 0.2) is 5.17 Å². The lowest BCUT2D eigenvalue weighted by Crippen LogP contribution is -2.19. The molecule has 0 saturated carbocycles. The molecule has 1 aliphatic heterocycles. The number of amidine groups is 1. The Morgan fingerprint density at radius 3 is 2.60 bits per heavy atom. The van der Waals surface area contributed by atoms with Gasteiger partial charge in [-0.25, -0.2) is 9.79 Å². The highest BCUT2D eigenvalue weighted by atomic mass is 32.2. The molecule has 1 heterocycles. The van der Waals surface area contributed by atoms with Gasteiger partial charge in [-0.05, 0) is 47.7 Å². The van der Waals surface area contributed by atoms with Gasteiger partial charge < -0.3 is 15.2 Å². The van der Waals surface area contributed by atoms with Gasteiger partial charge in [0.2, 0.25) is 0 Å². The van der Waals surface area contributed by atoms with Crippen molar-refractivity contribution >= 4 is 40.6 Å². The number of methoxy groups -OCH3 is 1. The first-order valence-corrected chi connectivity index (χ1v) is 8.14. The van der Waals surface area contributed by atoms with Crippen molar-refractivity contribution < 1.29 is 19.4 Å². The third-order valence-corrected chi connectivity index (χ3v) is 4.32. The number of aromatic carboxylic acids is 1. The zero-order valence-electron chi connectivity index (χ0n) is 13.2. The number of hydrogen-bond acceptors (Lipinski definition) is 5. The molecule has 1 fully saturated rings. The van der Waals surface area contributed by atoms with Gasteiger partial charge in [-0.2, -0.15) is 0 Å². The minimum Gasteiger partial charge on any atom is -0.494 e. The number of carboxylic acids is 1. The lowest BCUT2D eigenvalue weighted by atomic mass is 10.1. The number of nitrogens with one attached hydrogen (secondary N) is 1. The summed E-state index contributed by atoms with van der Waals surface area (Å²) in [5.41, 5.74) is 1.56. The molecule has 6 nitrogen and oxygen atoms in total. The summed E-state index contributed by atoms with van der Waals surface area (Å²) in [4.78, 5) is 27.9. The fourth-order valence-corrected chi connectivity index (χ4v) is 3.02. The largest absolute Gasteiger partial charge is 0.494 e. The van der Waals surface area contributed by atoms with Gasteiger partial charge in [0.05, 0.1) is 17.6 Å². The van der Waals surface area contributed by atoms with Crippen LogP contribution in [0.1, 0.15) is 15.9 Å². The molecule has 25 heavy (non-hydrogen) atoms. The Morgan fingerprint density at radius 1 is 1.20 bits per heavy atom. The summed E-state index contributed by atoms with van der Waals surface area (Å²) in [7, 11) is 1.56. The summed E-state index contributed by atoms with van der Waals surface area (Å²) in [5.74, 6) is -0.620. The Balaban J connectivity index is 1.82. The number of rotatable bonds is 4. The molecule has 0 spiro atoms. The van der Waals surface area contributed by atoms with E-state index in [1.807, 2.05) is 12.1 Å². The number of amides is 1. The predicted molar refractivity (Wildman–Crippen MR) is 97.2 cm³/mol. The number of carbonyl (C=O) groups excluding carboxylic acids is 1. The first-order valence-electron chi connectivity index (χ1n) is 7.33. The van der Waals surface area contributed by atoms with Crippen molar-refractivity contribution in [2.45, 2.75) is 0 Å². The minimum atomic E-state index is -0.988. The molecule has 2 N–H and O–H groups in total. The number of thioether (sulfide) groups is 1. The first-order chi connectivity index (χ1) is 12.1. The van der Waals surface area contributed by atoms with Crippen LogP contribution in [0.3, 0.4) is 0 Å². The lowest BCUT2D eigenvalue weighted by molar-refractivity contribution is -0.115. The highest BCUT2D eigenvalue weighted by Gasteiger charge is 2.24. The van der Waals surface area contributed by atoms with Crippen LogP contribution >= 0.6 is 11.8 Å². The van der Waals surface area contributed by atoms with E-state index in [-0.39, 0.29) is 11.5 Å². The normalized spacial score (nSPS) is 16.9. The second-order valence-electron chi connectivity index (χ2n) is 5.08. The second kappa shape index (κ2) is 7.23. The monoisotopic (exact) mass is 354 g/mol. The number of para-hydroxylation sites is 2. The Labute approximate surface area is 148 Å². The van der Waals surface area contributed by atoms with Gasteiger partial charge in [0, 0.05) is 0 Å². The standard InChI is InChI=1S/C18H14N2O4S/c1-24-14-5-3-2-4-13(14)19-18-20-16(21)15(25-18)10-11-6-8-12(9-7-11)17(22)23/h2-10H,1H3,(H,22,23)(H,19,20,21)/b15-10-. The molecule has 126 valence electrons.